The summed E-state index contributed by atoms with van der Waals surface area (Å²) in [5.41, 5.74) is 1.75. The second-order valence-corrected chi connectivity index (χ2v) is 5.46. The Bertz CT molecular complexity index is 554. The number of hydrogen-bond donors (Lipinski definition) is 2. The first-order valence-corrected chi connectivity index (χ1v) is 7.20. The van der Waals surface area contributed by atoms with Gasteiger partial charge < -0.3 is 10.4 Å². The third kappa shape index (κ3) is 5.23. The minimum Gasteiger partial charge on any atom is -0.480 e. The summed E-state index contributed by atoms with van der Waals surface area (Å²) < 4.78 is 0. The van der Waals surface area contributed by atoms with Gasteiger partial charge in [-0.25, -0.2) is 4.79 Å². The van der Waals surface area contributed by atoms with Crippen molar-refractivity contribution in [1.29, 1.82) is 0 Å². The Labute approximate surface area is 129 Å². The summed E-state index contributed by atoms with van der Waals surface area (Å²) in [6.07, 6.45) is 3.60. The minimum atomic E-state index is -1.02. The number of aryl methyl sites for hydroxylation is 1. The number of nitrogens with one attached hydrogen (secondary N) is 1. The number of rotatable bonds is 6. The molecular formula is C16H20ClNO3. The van der Waals surface area contributed by atoms with Gasteiger partial charge in [-0.05, 0) is 36.1 Å². The summed E-state index contributed by atoms with van der Waals surface area (Å²) in [5.74, 6) is -1.59. The van der Waals surface area contributed by atoms with E-state index in [0.717, 1.165) is 11.1 Å². The Balaban J connectivity index is 2.73. The summed E-state index contributed by atoms with van der Waals surface area (Å²) in [6, 6.07) is 4.58. The molecule has 5 heteroatoms. The molecule has 1 aromatic rings. The van der Waals surface area contributed by atoms with E-state index in [1.807, 2.05) is 26.0 Å². The molecule has 114 valence electrons. The fraction of sp³-hybridized carbons (Fsp3) is 0.375. The second kappa shape index (κ2) is 7.84. The van der Waals surface area contributed by atoms with Crippen molar-refractivity contribution < 1.29 is 14.7 Å². The van der Waals surface area contributed by atoms with E-state index in [1.54, 1.807) is 19.1 Å². The average Bonchev–Trinajstić information content (AvgIpc) is 2.44. The van der Waals surface area contributed by atoms with Gasteiger partial charge in [0.2, 0.25) is 5.91 Å². The van der Waals surface area contributed by atoms with Crippen LogP contribution in [0, 0.1) is 12.8 Å². The van der Waals surface area contributed by atoms with Gasteiger partial charge in [-0.15, -0.1) is 0 Å². The minimum absolute atomic E-state index is 0.131. The lowest BCUT2D eigenvalue weighted by Gasteiger charge is -2.19. The number of benzene rings is 1. The van der Waals surface area contributed by atoms with Gasteiger partial charge in [-0.2, -0.15) is 0 Å². The SMILES string of the molecule is CC[C@H](C)[C@H](NC(=O)/C=C/c1ccc(C)c(Cl)c1)C(=O)O. The molecule has 0 aliphatic rings. The lowest BCUT2D eigenvalue weighted by Crippen LogP contribution is -2.44. The van der Waals surface area contributed by atoms with Gasteiger partial charge in [-0.3, -0.25) is 4.79 Å². The van der Waals surface area contributed by atoms with Crippen LogP contribution >= 0.6 is 11.6 Å². The second-order valence-electron chi connectivity index (χ2n) is 5.05. The maximum atomic E-state index is 11.8. The Morgan fingerprint density at radius 3 is 2.62 bits per heavy atom. The average molecular weight is 310 g/mol. The molecule has 0 spiro atoms. The molecule has 0 aliphatic carbocycles. The number of carboxylic acids is 1. The molecule has 4 nitrogen and oxygen atoms in total. The molecule has 0 fully saturated rings. The van der Waals surface area contributed by atoms with Crippen molar-refractivity contribution >= 4 is 29.6 Å². The Hall–Kier alpha value is -1.81. The van der Waals surface area contributed by atoms with E-state index in [-0.39, 0.29) is 5.92 Å². The van der Waals surface area contributed by atoms with Gasteiger partial charge in [-0.1, -0.05) is 44.0 Å². The van der Waals surface area contributed by atoms with Crippen LogP contribution in [0.2, 0.25) is 5.02 Å². The first-order chi connectivity index (χ1) is 9.85. The largest absolute Gasteiger partial charge is 0.480 e. The highest BCUT2D eigenvalue weighted by Gasteiger charge is 2.24. The van der Waals surface area contributed by atoms with E-state index in [2.05, 4.69) is 5.32 Å². The predicted molar refractivity (Wildman–Crippen MR) is 84.2 cm³/mol. The summed E-state index contributed by atoms with van der Waals surface area (Å²) in [7, 11) is 0. The quantitative estimate of drug-likeness (QED) is 0.793. The number of carbonyl (C=O) groups excluding carboxylic acids is 1. The van der Waals surface area contributed by atoms with Gasteiger partial charge >= 0.3 is 5.97 Å². The van der Waals surface area contributed by atoms with E-state index in [1.165, 1.54) is 6.08 Å². The molecule has 0 bridgehead atoms. The third-order valence-electron chi connectivity index (χ3n) is 3.40. The van der Waals surface area contributed by atoms with Crippen LogP contribution in [-0.2, 0) is 9.59 Å². The number of halogens is 1. The summed E-state index contributed by atoms with van der Waals surface area (Å²) >= 11 is 6.00. The van der Waals surface area contributed by atoms with E-state index >= 15 is 0 Å². The molecule has 1 aromatic carbocycles. The fourth-order valence-electron chi connectivity index (χ4n) is 1.77. The van der Waals surface area contributed by atoms with Crippen molar-refractivity contribution in [3.8, 4) is 0 Å². The van der Waals surface area contributed by atoms with Crippen LogP contribution in [0.5, 0.6) is 0 Å². The van der Waals surface area contributed by atoms with Crippen molar-refractivity contribution in [1.82, 2.24) is 5.32 Å². The first-order valence-electron chi connectivity index (χ1n) is 6.82. The maximum absolute atomic E-state index is 11.8. The highest BCUT2D eigenvalue weighted by Crippen LogP contribution is 2.17. The standard InChI is InChI=1S/C16H20ClNO3/c1-4-10(2)15(16(20)21)18-14(19)8-7-12-6-5-11(3)13(17)9-12/h5-10,15H,4H2,1-3H3,(H,18,19)(H,20,21)/b8-7+/t10-,15-/m0/s1. The lowest BCUT2D eigenvalue weighted by atomic mass is 9.99. The number of amides is 1. The molecule has 2 N–H and O–H groups in total. The first kappa shape index (κ1) is 17.2. The number of carbonyl (C=O) groups is 2. The molecule has 0 saturated carbocycles. The Morgan fingerprint density at radius 1 is 1.43 bits per heavy atom. The molecule has 0 unspecified atom stereocenters. The van der Waals surface area contributed by atoms with Crippen LogP contribution in [0.25, 0.3) is 6.08 Å². The molecule has 0 saturated heterocycles. The summed E-state index contributed by atoms with van der Waals surface area (Å²) in [4.78, 5) is 22.9. The number of hydrogen-bond acceptors (Lipinski definition) is 2. The highest BCUT2D eigenvalue weighted by molar-refractivity contribution is 6.31. The van der Waals surface area contributed by atoms with Crippen LogP contribution in [0.1, 0.15) is 31.4 Å². The van der Waals surface area contributed by atoms with Crippen LogP contribution in [0.15, 0.2) is 24.3 Å². The molecule has 1 rings (SSSR count). The summed E-state index contributed by atoms with van der Waals surface area (Å²) in [6.45, 7) is 5.57. The van der Waals surface area contributed by atoms with Crippen molar-refractivity contribution in [2.45, 2.75) is 33.2 Å². The molecule has 0 radical (unpaired) electrons. The summed E-state index contributed by atoms with van der Waals surface area (Å²) in [5, 5.41) is 12.3. The van der Waals surface area contributed by atoms with Gasteiger partial charge in [0.1, 0.15) is 6.04 Å². The van der Waals surface area contributed by atoms with Crippen LogP contribution in [-0.4, -0.2) is 23.0 Å². The van der Waals surface area contributed by atoms with Crippen molar-refractivity contribution in [3.05, 3.63) is 40.4 Å². The maximum Gasteiger partial charge on any atom is 0.326 e. The predicted octanol–water partition coefficient (Wildman–Crippen LogP) is 3.28. The van der Waals surface area contributed by atoms with Crippen LogP contribution in [0.3, 0.4) is 0 Å². The smallest absolute Gasteiger partial charge is 0.326 e. The van der Waals surface area contributed by atoms with Gasteiger partial charge in [0.25, 0.3) is 0 Å². The number of carboxylic acid groups (broad SMARTS) is 1. The van der Waals surface area contributed by atoms with E-state index in [0.29, 0.717) is 11.4 Å². The van der Waals surface area contributed by atoms with Crippen LogP contribution < -0.4 is 5.32 Å². The molecule has 21 heavy (non-hydrogen) atoms. The van der Waals surface area contributed by atoms with Crippen molar-refractivity contribution in [2.24, 2.45) is 5.92 Å². The van der Waals surface area contributed by atoms with E-state index < -0.39 is 17.9 Å². The van der Waals surface area contributed by atoms with Crippen molar-refractivity contribution in [2.75, 3.05) is 0 Å². The zero-order valence-corrected chi connectivity index (χ0v) is 13.1. The van der Waals surface area contributed by atoms with E-state index in [9.17, 15) is 9.59 Å². The lowest BCUT2D eigenvalue weighted by molar-refractivity contribution is -0.142. The molecule has 2 atom stereocenters. The molecule has 0 aliphatic heterocycles. The van der Waals surface area contributed by atoms with Crippen molar-refractivity contribution in [3.63, 3.8) is 0 Å². The third-order valence-corrected chi connectivity index (χ3v) is 3.81. The zero-order valence-electron chi connectivity index (χ0n) is 12.4. The van der Waals surface area contributed by atoms with E-state index in [4.69, 9.17) is 16.7 Å². The molecule has 0 heterocycles. The van der Waals surface area contributed by atoms with Gasteiger partial charge in [0, 0.05) is 11.1 Å². The Morgan fingerprint density at radius 2 is 2.10 bits per heavy atom. The topological polar surface area (TPSA) is 66.4 Å². The molecular weight excluding hydrogens is 290 g/mol. The van der Waals surface area contributed by atoms with Crippen LogP contribution in [0.4, 0.5) is 0 Å². The molecule has 1 amide bonds. The van der Waals surface area contributed by atoms with Gasteiger partial charge in [0.05, 0.1) is 0 Å². The molecule has 0 aromatic heterocycles. The fourth-order valence-corrected chi connectivity index (χ4v) is 1.96. The normalized spacial score (nSPS) is 13.9. The zero-order chi connectivity index (χ0) is 16.0. The number of aliphatic carboxylic acids is 1. The Kier molecular flexibility index (Phi) is 6.43. The monoisotopic (exact) mass is 309 g/mol. The van der Waals surface area contributed by atoms with Gasteiger partial charge in [0.15, 0.2) is 0 Å². The highest BCUT2D eigenvalue weighted by atomic mass is 35.5.